The zero-order chi connectivity index (χ0) is 14.0. The number of β-amino-alcohol motifs (C(OH)–C–C–N with tert-alkyl or cyclic N) is 1. The van der Waals surface area contributed by atoms with Gasteiger partial charge in [0.1, 0.15) is 0 Å². The molecule has 1 aromatic carbocycles. The summed E-state index contributed by atoms with van der Waals surface area (Å²) < 4.78 is 0. The first-order chi connectivity index (χ1) is 8.98. The van der Waals surface area contributed by atoms with Gasteiger partial charge in [-0.15, -0.1) is 0 Å². The minimum atomic E-state index is -0.632. The fourth-order valence-corrected chi connectivity index (χ4v) is 2.95. The first kappa shape index (κ1) is 14.5. The number of nitrogens with one attached hydrogen (secondary N) is 1. The van der Waals surface area contributed by atoms with Crippen molar-refractivity contribution in [2.45, 2.75) is 44.8 Å². The number of Topliss-reactive ketones (excluding diaryl/α,β-unsaturated/α-hetero) is 1. The van der Waals surface area contributed by atoms with Gasteiger partial charge in [-0.05, 0) is 25.0 Å². The number of aliphatic hydroxyl groups is 1. The lowest BCUT2D eigenvalue weighted by Gasteiger charge is -2.27. The van der Waals surface area contributed by atoms with Crippen LogP contribution < -0.4 is 5.32 Å². The van der Waals surface area contributed by atoms with Gasteiger partial charge in [0, 0.05) is 23.6 Å². The fraction of sp³-hybridized carbons (Fsp3) is 0.533. The molecule has 0 aliphatic carbocycles. The highest BCUT2D eigenvalue weighted by molar-refractivity contribution is 6.31. The van der Waals surface area contributed by atoms with E-state index in [0.717, 1.165) is 18.4 Å². The maximum Gasteiger partial charge on any atom is 0.183 e. The Morgan fingerprint density at radius 1 is 1.58 bits per heavy atom. The molecule has 104 valence electrons. The smallest absolute Gasteiger partial charge is 0.183 e. The third-order valence-electron chi connectivity index (χ3n) is 3.81. The van der Waals surface area contributed by atoms with Crippen molar-refractivity contribution in [3.05, 3.63) is 34.3 Å². The molecule has 0 amide bonds. The predicted octanol–water partition coefficient (Wildman–Crippen LogP) is 2.72. The number of halogens is 1. The third-order valence-corrected chi connectivity index (χ3v) is 4.21. The number of hydrogen-bond donors (Lipinski definition) is 2. The number of hydrogen-bond acceptors (Lipinski definition) is 3. The van der Waals surface area contributed by atoms with E-state index < -0.39 is 11.6 Å². The third kappa shape index (κ3) is 2.83. The van der Waals surface area contributed by atoms with E-state index in [9.17, 15) is 9.90 Å². The Bertz CT molecular complexity index is 485. The summed E-state index contributed by atoms with van der Waals surface area (Å²) in [6.45, 7) is 4.44. The number of ketones is 1. The molecule has 0 aromatic heterocycles. The van der Waals surface area contributed by atoms with Crippen LogP contribution in [0.2, 0.25) is 5.02 Å². The van der Waals surface area contributed by atoms with Crippen molar-refractivity contribution in [3.8, 4) is 0 Å². The Morgan fingerprint density at radius 3 is 2.84 bits per heavy atom. The molecule has 0 saturated carbocycles. The van der Waals surface area contributed by atoms with E-state index in [2.05, 4.69) is 5.32 Å². The van der Waals surface area contributed by atoms with Gasteiger partial charge >= 0.3 is 0 Å². The number of benzene rings is 1. The van der Waals surface area contributed by atoms with E-state index in [4.69, 9.17) is 11.6 Å². The summed E-state index contributed by atoms with van der Waals surface area (Å²) in [5.41, 5.74) is 0.945. The average Bonchev–Trinajstić information content (AvgIpc) is 2.75. The van der Waals surface area contributed by atoms with Crippen LogP contribution in [0.4, 0.5) is 0 Å². The van der Waals surface area contributed by atoms with Crippen molar-refractivity contribution in [2.75, 3.05) is 6.54 Å². The van der Waals surface area contributed by atoms with Crippen molar-refractivity contribution < 1.29 is 9.90 Å². The fourth-order valence-electron chi connectivity index (χ4n) is 2.77. The van der Waals surface area contributed by atoms with Crippen LogP contribution >= 0.6 is 11.6 Å². The second kappa shape index (κ2) is 5.61. The van der Waals surface area contributed by atoms with Crippen molar-refractivity contribution in [2.24, 2.45) is 0 Å². The summed E-state index contributed by atoms with van der Waals surface area (Å²) in [7, 11) is 0. The van der Waals surface area contributed by atoms with E-state index in [1.807, 2.05) is 26.0 Å². The summed E-state index contributed by atoms with van der Waals surface area (Å²) in [4.78, 5) is 12.7. The topological polar surface area (TPSA) is 49.3 Å². The highest BCUT2D eigenvalue weighted by Gasteiger charge is 2.43. The Morgan fingerprint density at radius 2 is 2.32 bits per heavy atom. The Labute approximate surface area is 119 Å². The SMILES string of the molecule is CCCC1(C(=O)c2ccc(C)c(Cl)c2)C[C@@H](O)CN1. The van der Waals surface area contributed by atoms with Crippen LogP contribution in [0.15, 0.2) is 18.2 Å². The normalized spacial score (nSPS) is 26.6. The summed E-state index contributed by atoms with van der Waals surface area (Å²) in [5, 5.41) is 13.6. The molecule has 3 nitrogen and oxygen atoms in total. The Balaban J connectivity index is 2.32. The molecule has 1 aliphatic rings. The molecule has 1 saturated heterocycles. The molecule has 1 fully saturated rings. The quantitative estimate of drug-likeness (QED) is 0.835. The largest absolute Gasteiger partial charge is 0.392 e. The van der Waals surface area contributed by atoms with Gasteiger partial charge in [-0.2, -0.15) is 0 Å². The van der Waals surface area contributed by atoms with Crippen LogP contribution in [-0.4, -0.2) is 29.1 Å². The van der Waals surface area contributed by atoms with Crippen molar-refractivity contribution in [3.63, 3.8) is 0 Å². The van der Waals surface area contributed by atoms with E-state index >= 15 is 0 Å². The first-order valence-corrected chi connectivity index (χ1v) is 7.10. The molecule has 19 heavy (non-hydrogen) atoms. The second-order valence-electron chi connectivity index (χ2n) is 5.36. The number of carbonyl (C=O) groups excluding carboxylic acids is 1. The standard InChI is InChI=1S/C15H20ClNO2/c1-3-6-15(8-12(18)9-17-15)14(19)11-5-4-10(2)13(16)7-11/h4-5,7,12,17-18H,3,6,8-9H2,1-2H3/t12-,15?/m1/s1. The zero-order valence-corrected chi connectivity index (χ0v) is 12.1. The van der Waals surface area contributed by atoms with Gasteiger partial charge in [-0.25, -0.2) is 0 Å². The van der Waals surface area contributed by atoms with Gasteiger partial charge in [0.25, 0.3) is 0 Å². The summed E-state index contributed by atoms with van der Waals surface area (Å²) in [6, 6.07) is 5.40. The van der Waals surface area contributed by atoms with E-state index in [0.29, 0.717) is 23.6 Å². The lowest BCUT2D eigenvalue weighted by Crippen LogP contribution is -2.47. The molecule has 0 spiro atoms. The van der Waals surface area contributed by atoms with Crippen LogP contribution in [0.25, 0.3) is 0 Å². The minimum absolute atomic E-state index is 0.0350. The van der Waals surface area contributed by atoms with Crippen LogP contribution in [0.1, 0.15) is 42.1 Å². The van der Waals surface area contributed by atoms with Crippen LogP contribution in [0, 0.1) is 6.92 Å². The molecule has 2 N–H and O–H groups in total. The van der Waals surface area contributed by atoms with Crippen molar-refractivity contribution in [1.82, 2.24) is 5.32 Å². The van der Waals surface area contributed by atoms with Crippen molar-refractivity contribution in [1.29, 1.82) is 0 Å². The Kier molecular flexibility index (Phi) is 4.29. The second-order valence-corrected chi connectivity index (χ2v) is 5.77. The molecule has 2 atom stereocenters. The van der Waals surface area contributed by atoms with Crippen LogP contribution in [0.5, 0.6) is 0 Å². The lowest BCUT2D eigenvalue weighted by molar-refractivity contribution is 0.0837. The zero-order valence-electron chi connectivity index (χ0n) is 11.4. The predicted molar refractivity (Wildman–Crippen MR) is 76.8 cm³/mol. The minimum Gasteiger partial charge on any atom is -0.392 e. The summed E-state index contributed by atoms with van der Waals surface area (Å²) in [5.74, 6) is 0.0350. The number of rotatable bonds is 4. The number of aliphatic hydroxyl groups excluding tert-OH is 1. The van der Waals surface area contributed by atoms with Gasteiger partial charge in [-0.1, -0.05) is 37.1 Å². The molecule has 0 bridgehead atoms. The van der Waals surface area contributed by atoms with E-state index in [1.54, 1.807) is 6.07 Å². The number of carbonyl (C=O) groups is 1. The summed E-state index contributed by atoms with van der Waals surface area (Å²) >= 11 is 6.09. The van der Waals surface area contributed by atoms with Crippen LogP contribution in [0.3, 0.4) is 0 Å². The highest BCUT2D eigenvalue weighted by atomic mass is 35.5. The maximum absolute atomic E-state index is 12.7. The van der Waals surface area contributed by atoms with Gasteiger partial charge in [0.2, 0.25) is 0 Å². The average molecular weight is 282 g/mol. The lowest BCUT2D eigenvalue weighted by atomic mass is 9.83. The van der Waals surface area contributed by atoms with Gasteiger partial charge in [0.15, 0.2) is 5.78 Å². The molecular formula is C15H20ClNO2. The highest BCUT2D eigenvalue weighted by Crippen LogP contribution is 2.30. The Hall–Kier alpha value is -0.900. The molecule has 0 radical (unpaired) electrons. The van der Waals surface area contributed by atoms with Crippen molar-refractivity contribution >= 4 is 17.4 Å². The first-order valence-electron chi connectivity index (χ1n) is 6.72. The van der Waals surface area contributed by atoms with E-state index in [-0.39, 0.29) is 5.78 Å². The summed E-state index contributed by atoms with van der Waals surface area (Å²) in [6.07, 6.45) is 1.65. The van der Waals surface area contributed by atoms with E-state index in [1.165, 1.54) is 0 Å². The van der Waals surface area contributed by atoms with Crippen LogP contribution in [-0.2, 0) is 0 Å². The van der Waals surface area contributed by atoms with Gasteiger partial charge in [-0.3, -0.25) is 4.79 Å². The maximum atomic E-state index is 12.7. The molecule has 1 unspecified atom stereocenters. The van der Waals surface area contributed by atoms with Gasteiger partial charge in [0.05, 0.1) is 11.6 Å². The molecule has 1 aliphatic heterocycles. The molecule has 1 aromatic rings. The molecular weight excluding hydrogens is 262 g/mol. The number of aryl methyl sites for hydroxylation is 1. The monoisotopic (exact) mass is 281 g/mol. The molecule has 1 heterocycles. The van der Waals surface area contributed by atoms with Gasteiger partial charge < -0.3 is 10.4 Å². The molecule has 2 rings (SSSR count). The molecule has 4 heteroatoms.